The minimum Gasteiger partial charge on any atom is -0.306 e. The first-order chi connectivity index (χ1) is 18.5. The van der Waals surface area contributed by atoms with Crippen molar-refractivity contribution in [2.24, 2.45) is 5.92 Å². The smallest absolute Gasteiger partial charge is 0.262 e. The van der Waals surface area contributed by atoms with Gasteiger partial charge in [-0.05, 0) is 61.1 Å². The van der Waals surface area contributed by atoms with Crippen molar-refractivity contribution in [1.82, 2.24) is 4.90 Å². The summed E-state index contributed by atoms with van der Waals surface area (Å²) in [6.07, 6.45) is 4.23. The highest BCUT2D eigenvalue weighted by Crippen LogP contribution is 2.43. The van der Waals surface area contributed by atoms with Gasteiger partial charge in [0, 0.05) is 10.9 Å². The predicted molar refractivity (Wildman–Crippen MR) is 146 cm³/mol. The molecule has 6 rings (SSSR count). The lowest BCUT2D eigenvalue weighted by Gasteiger charge is -2.31. The van der Waals surface area contributed by atoms with Crippen molar-refractivity contribution in [2.75, 3.05) is 22.6 Å². The summed E-state index contributed by atoms with van der Waals surface area (Å²) in [5.74, 6) is -1.63. The van der Waals surface area contributed by atoms with Crippen molar-refractivity contribution in [3.8, 4) is 0 Å². The van der Waals surface area contributed by atoms with Crippen molar-refractivity contribution < 1.29 is 19.2 Å². The van der Waals surface area contributed by atoms with Gasteiger partial charge in [0.1, 0.15) is 6.54 Å². The number of fused-ring (bicyclic) bond motifs is 3. The molecule has 0 N–H and O–H groups in total. The zero-order valence-electron chi connectivity index (χ0n) is 21.0. The summed E-state index contributed by atoms with van der Waals surface area (Å²) >= 11 is 1.66. The molecule has 4 amide bonds. The molecule has 3 aromatic carbocycles. The van der Waals surface area contributed by atoms with E-state index in [0.29, 0.717) is 41.9 Å². The first-order valence-corrected chi connectivity index (χ1v) is 14.0. The summed E-state index contributed by atoms with van der Waals surface area (Å²) in [7, 11) is 0. The van der Waals surface area contributed by atoms with Gasteiger partial charge in [0.2, 0.25) is 11.8 Å². The van der Waals surface area contributed by atoms with Crippen molar-refractivity contribution in [2.45, 2.75) is 36.7 Å². The van der Waals surface area contributed by atoms with E-state index in [0.717, 1.165) is 21.8 Å². The molecule has 1 aliphatic carbocycles. The van der Waals surface area contributed by atoms with Crippen LogP contribution in [0, 0.1) is 5.92 Å². The average molecular weight is 526 g/mol. The topological polar surface area (TPSA) is 78.0 Å². The number of nitrogens with zero attached hydrogens (tertiary/aromatic N) is 3. The zero-order chi connectivity index (χ0) is 26.4. The second-order valence-corrected chi connectivity index (χ2v) is 10.8. The van der Waals surface area contributed by atoms with Gasteiger partial charge in [-0.3, -0.25) is 24.1 Å². The van der Waals surface area contributed by atoms with Gasteiger partial charge in [0.05, 0.1) is 35.0 Å². The standard InChI is InChI=1S/C30H27N3O4S/c1-38-20-15-13-19(14-16-20)17-31-25-10-4-5-11-26(25)33(24-12-6-9-23(24)30(31)37)27(34)18-32-28(35)21-7-2-3-8-22(21)29(32)36/h2-5,7-8,10-11,13-16,23-24H,6,9,12,17-18H2,1H3/t23-,24+/m0/s1. The number of hydrogen-bond acceptors (Lipinski definition) is 5. The molecular weight excluding hydrogens is 498 g/mol. The number of para-hydroxylation sites is 2. The molecule has 1 saturated carbocycles. The Morgan fingerprint density at radius 2 is 1.45 bits per heavy atom. The fourth-order valence-electron chi connectivity index (χ4n) is 5.92. The number of benzene rings is 3. The number of carbonyl (C=O) groups is 4. The van der Waals surface area contributed by atoms with Gasteiger partial charge in [0.15, 0.2) is 0 Å². The molecule has 0 saturated heterocycles. The van der Waals surface area contributed by atoms with Crippen LogP contribution in [0.5, 0.6) is 0 Å². The fourth-order valence-corrected chi connectivity index (χ4v) is 6.33. The molecule has 3 aromatic rings. The van der Waals surface area contributed by atoms with Crippen molar-refractivity contribution in [3.63, 3.8) is 0 Å². The molecule has 2 heterocycles. The summed E-state index contributed by atoms with van der Waals surface area (Å²) in [5, 5.41) is 0. The summed E-state index contributed by atoms with van der Waals surface area (Å²) in [5.41, 5.74) is 2.93. The van der Waals surface area contributed by atoms with Crippen LogP contribution in [-0.4, -0.2) is 47.4 Å². The number of rotatable bonds is 5. The van der Waals surface area contributed by atoms with Gasteiger partial charge in [-0.15, -0.1) is 11.8 Å². The third kappa shape index (κ3) is 4.00. The largest absolute Gasteiger partial charge is 0.306 e. The van der Waals surface area contributed by atoms with Crippen LogP contribution in [0.2, 0.25) is 0 Å². The van der Waals surface area contributed by atoms with E-state index >= 15 is 0 Å². The average Bonchev–Trinajstić information content (AvgIpc) is 3.49. The highest BCUT2D eigenvalue weighted by atomic mass is 32.2. The van der Waals surface area contributed by atoms with E-state index in [-0.39, 0.29) is 30.3 Å². The van der Waals surface area contributed by atoms with Crippen molar-refractivity contribution >= 4 is 46.8 Å². The van der Waals surface area contributed by atoms with Crippen LogP contribution >= 0.6 is 11.8 Å². The monoisotopic (exact) mass is 525 g/mol. The molecule has 2 aliphatic heterocycles. The van der Waals surface area contributed by atoms with E-state index in [2.05, 4.69) is 0 Å². The molecule has 8 heteroatoms. The van der Waals surface area contributed by atoms with E-state index < -0.39 is 11.8 Å². The van der Waals surface area contributed by atoms with E-state index in [1.165, 1.54) is 0 Å². The lowest BCUT2D eigenvalue weighted by Crippen LogP contribution is -2.49. The van der Waals surface area contributed by atoms with Gasteiger partial charge in [0.25, 0.3) is 11.8 Å². The minimum atomic E-state index is -0.462. The molecule has 0 radical (unpaired) electrons. The lowest BCUT2D eigenvalue weighted by molar-refractivity contribution is -0.123. The van der Waals surface area contributed by atoms with E-state index in [1.807, 2.05) is 54.8 Å². The Morgan fingerprint density at radius 1 is 0.816 bits per heavy atom. The highest BCUT2D eigenvalue weighted by Gasteiger charge is 2.46. The molecule has 3 aliphatic rings. The molecule has 0 spiro atoms. The van der Waals surface area contributed by atoms with Crippen LogP contribution in [0.25, 0.3) is 0 Å². The number of anilines is 2. The number of hydrogen-bond donors (Lipinski definition) is 0. The predicted octanol–water partition coefficient (Wildman–Crippen LogP) is 4.75. The van der Waals surface area contributed by atoms with Gasteiger partial charge in [-0.25, -0.2) is 0 Å². The first kappa shape index (κ1) is 24.4. The van der Waals surface area contributed by atoms with Crippen LogP contribution in [0.3, 0.4) is 0 Å². The number of thioether (sulfide) groups is 1. The number of amides is 4. The summed E-state index contributed by atoms with van der Waals surface area (Å²) in [6, 6.07) is 21.9. The zero-order valence-corrected chi connectivity index (χ0v) is 21.8. The van der Waals surface area contributed by atoms with Crippen molar-refractivity contribution in [3.05, 3.63) is 89.5 Å². The molecule has 2 atom stereocenters. The highest BCUT2D eigenvalue weighted by molar-refractivity contribution is 7.98. The molecule has 0 aromatic heterocycles. The van der Waals surface area contributed by atoms with Crippen LogP contribution in [0.4, 0.5) is 11.4 Å². The van der Waals surface area contributed by atoms with E-state index in [1.54, 1.807) is 45.8 Å². The molecule has 0 bridgehead atoms. The Hall–Kier alpha value is -3.91. The van der Waals surface area contributed by atoms with Crippen LogP contribution in [0.1, 0.15) is 45.5 Å². The summed E-state index contributed by atoms with van der Waals surface area (Å²) in [4.78, 5) is 59.5. The second kappa shape index (κ2) is 9.76. The van der Waals surface area contributed by atoms with Gasteiger partial charge in [-0.2, -0.15) is 0 Å². The molecule has 1 fully saturated rings. The van der Waals surface area contributed by atoms with Crippen LogP contribution in [-0.2, 0) is 16.1 Å². The molecule has 7 nitrogen and oxygen atoms in total. The van der Waals surface area contributed by atoms with Crippen molar-refractivity contribution in [1.29, 1.82) is 0 Å². The maximum Gasteiger partial charge on any atom is 0.262 e. The second-order valence-electron chi connectivity index (χ2n) is 9.87. The normalized spacial score (nSPS) is 20.3. The van der Waals surface area contributed by atoms with Crippen LogP contribution in [0.15, 0.2) is 77.7 Å². The SMILES string of the molecule is CSc1ccc(CN2C(=O)[C@H]3CCC[C@H]3N(C(=O)CN3C(=O)c4ccccc4C3=O)c3ccccc32)cc1. The molecule has 192 valence electrons. The van der Waals surface area contributed by atoms with Gasteiger partial charge < -0.3 is 9.80 Å². The lowest BCUT2D eigenvalue weighted by atomic mass is 10.0. The van der Waals surface area contributed by atoms with E-state index in [9.17, 15) is 19.2 Å². The number of carbonyl (C=O) groups excluding carboxylic acids is 4. The number of imide groups is 1. The summed E-state index contributed by atoms with van der Waals surface area (Å²) < 4.78 is 0. The first-order valence-electron chi connectivity index (χ1n) is 12.8. The third-order valence-electron chi connectivity index (χ3n) is 7.77. The maximum absolute atomic E-state index is 13.9. The Labute approximate surface area is 225 Å². The quantitative estimate of drug-likeness (QED) is 0.355. The Balaban J connectivity index is 1.36. The van der Waals surface area contributed by atoms with Crippen LogP contribution < -0.4 is 9.80 Å². The molecular formula is C30H27N3O4S. The van der Waals surface area contributed by atoms with Gasteiger partial charge in [-0.1, -0.05) is 42.8 Å². The minimum absolute atomic E-state index is 0.00456. The Bertz CT molecular complexity index is 1420. The molecule has 38 heavy (non-hydrogen) atoms. The Morgan fingerprint density at radius 3 is 2.11 bits per heavy atom. The maximum atomic E-state index is 13.9. The molecule has 0 unspecified atom stereocenters. The Kier molecular flexibility index (Phi) is 6.27. The van der Waals surface area contributed by atoms with E-state index in [4.69, 9.17) is 0 Å². The summed E-state index contributed by atoms with van der Waals surface area (Å²) in [6.45, 7) is 0.0302. The third-order valence-corrected chi connectivity index (χ3v) is 8.51. The van der Waals surface area contributed by atoms with Gasteiger partial charge >= 0.3 is 0 Å². The fraction of sp³-hybridized carbons (Fsp3) is 0.267.